The number of ether oxygens (including phenoxy) is 1. The van der Waals surface area contributed by atoms with E-state index < -0.39 is 6.10 Å². The van der Waals surface area contributed by atoms with Gasteiger partial charge in [-0.25, -0.2) is 4.79 Å². The van der Waals surface area contributed by atoms with Crippen LogP contribution in [0.4, 0.5) is 5.69 Å². The van der Waals surface area contributed by atoms with Gasteiger partial charge in [0.05, 0.1) is 24.7 Å². The summed E-state index contributed by atoms with van der Waals surface area (Å²) in [6, 6.07) is 5.17. The van der Waals surface area contributed by atoms with Gasteiger partial charge < -0.3 is 15.2 Å². The average Bonchev–Trinajstić information content (AvgIpc) is 2.35. The molecule has 1 rings (SSSR count). The highest BCUT2D eigenvalue weighted by atomic mass is 127. The van der Waals surface area contributed by atoms with E-state index in [2.05, 4.69) is 32.6 Å². The van der Waals surface area contributed by atoms with Gasteiger partial charge in [0.2, 0.25) is 0 Å². The molecule has 0 aromatic heterocycles. The van der Waals surface area contributed by atoms with Crippen molar-refractivity contribution in [3.63, 3.8) is 0 Å². The number of carbonyl (C=O) groups is 1. The fraction of sp³-hybridized carbons (Fsp3) is 0.364. The molecule has 2 N–H and O–H groups in total. The summed E-state index contributed by atoms with van der Waals surface area (Å²) in [5.41, 5.74) is 1.35. The molecular formula is C11H13ClINO3. The Bertz CT molecular complexity index is 400. The first-order valence-electron chi connectivity index (χ1n) is 4.94. The second-order valence-electron chi connectivity index (χ2n) is 3.38. The summed E-state index contributed by atoms with van der Waals surface area (Å²) in [4.78, 5) is 11.3. The number of rotatable bonds is 5. The van der Waals surface area contributed by atoms with Crippen molar-refractivity contribution >= 4 is 45.8 Å². The van der Waals surface area contributed by atoms with Crippen LogP contribution >= 0.6 is 34.2 Å². The number of aliphatic hydroxyl groups excluding tert-OH is 1. The van der Waals surface area contributed by atoms with Gasteiger partial charge in [0.1, 0.15) is 0 Å². The maximum absolute atomic E-state index is 11.3. The first-order valence-corrected chi connectivity index (χ1v) is 6.55. The molecule has 0 aliphatic carbocycles. The van der Waals surface area contributed by atoms with Gasteiger partial charge in [-0.1, -0.05) is 0 Å². The predicted octanol–water partition coefficient (Wildman–Crippen LogP) is 2.09. The van der Waals surface area contributed by atoms with Gasteiger partial charge in [-0.15, -0.1) is 11.6 Å². The average molecular weight is 370 g/mol. The Morgan fingerprint density at radius 3 is 2.88 bits per heavy atom. The molecule has 0 saturated heterocycles. The molecule has 1 atom stereocenters. The lowest BCUT2D eigenvalue weighted by Gasteiger charge is -2.12. The number of hydrogen-bond donors (Lipinski definition) is 2. The van der Waals surface area contributed by atoms with Crippen LogP contribution in [0.1, 0.15) is 10.4 Å². The molecule has 0 radical (unpaired) electrons. The third kappa shape index (κ3) is 4.33. The van der Waals surface area contributed by atoms with Crippen molar-refractivity contribution in [2.24, 2.45) is 0 Å². The summed E-state index contributed by atoms with van der Waals surface area (Å²) >= 11 is 7.60. The zero-order chi connectivity index (χ0) is 12.8. The number of hydrogen-bond acceptors (Lipinski definition) is 4. The lowest BCUT2D eigenvalue weighted by atomic mass is 10.2. The Hall–Kier alpha value is -0.530. The van der Waals surface area contributed by atoms with Gasteiger partial charge in [0, 0.05) is 15.8 Å². The molecule has 0 amide bonds. The summed E-state index contributed by atoms with van der Waals surface area (Å²) < 4.78 is 5.51. The normalized spacial score (nSPS) is 12.0. The quantitative estimate of drug-likeness (QED) is 0.474. The number of esters is 1. The molecule has 0 spiro atoms. The Morgan fingerprint density at radius 1 is 1.65 bits per heavy atom. The monoisotopic (exact) mass is 369 g/mol. The summed E-state index contributed by atoms with van der Waals surface area (Å²) in [7, 11) is 1.35. The van der Waals surface area contributed by atoms with Crippen molar-refractivity contribution < 1.29 is 14.6 Å². The van der Waals surface area contributed by atoms with Crippen molar-refractivity contribution in [1.29, 1.82) is 0 Å². The van der Waals surface area contributed by atoms with Crippen LogP contribution in [-0.4, -0.2) is 36.7 Å². The number of aliphatic hydroxyl groups is 1. The molecular weight excluding hydrogens is 356 g/mol. The maximum atomic E-state index is 11.3. The Morgan fingerprint density at radius 2 is 2.35 bits per heavy atom. The SMILES string of the molecule is COC(=O)c1ccc(NCC(O)CCl)c(I)c1. The third-order valence-corrected chi connectivity index (χ3v) is 3.35. The Balaban J connectivity index is 2.73. The first-order chi connectivity index (χ1) is 8.08. The van der Waals surface area contributed by atoms with E-state index in [9.17, 15) is 9.90 Å². The van der Waals surface area contributed by atoms with Gasteiger partial charge in [0.15, 0.2) is 0 Å². The Kier molecular flexibility index (Phi) is 6.01. The van der Waals surface area contributed by atoms with Gasteiger partial charge >= 0.3 is 5.97 Å². The predicted molar refractivity (Wildman–Crippen MR) is 75.7 cm³/mol. The van der Waals surface area contributed by atoms with Gasteiger partial charge in [0.25, 0.3) is 0 Å². The number of anilines is 1. The highest BCUT2D eigenvalue weighted by Gasteiger charge is 2.09. The van der Waals surface area contributed by atoms with Crippen molar-refractivity contribution in [3.8, 4) is 0 Å². The summed E-state index contributed by atoms with van der Waals surface area (Å²) in [6.07, 6.45) is -0.590. The molecule has 0 aliphatic rings. The van der Waals surface area contributed by atoms with E-state index >= 15 is 0 Å². The van der Waals surface area contributed by atoms with E-state index in [1.165, 1.54) is 7.11 Å². The molecule has 1 unspecified atom stereocenters. The van der Waals surface area contributed by atoms with Crippen LogP contribution in [0.15, 0.2) is 18.2 Å². The molecule has 4 nitrogen and oxygen atoms in total. The summed E-state index contributed by atoms with van der Waals surface area (Å²) in [5.74, 6) is -0.181. The van der Waals surface area contributed by atoms with E-state index in [-0.39, 0.29) is 11.8 Å². The van der Waals surface area contributed by atoms with Crippen molar-refractivity contribution in [3.05, 3.63) is 27.3 Å². The fourth-order valence-electron chi connectivity index (χ4n) is 1.19. The minimum atomic E-state index is -0.590. The molecule has 0 fully saturated rings. The van der Waals surface area contributed by atoms with Crippen LogP contribution in [0.3, 0.4) is 0 Å². The first kappa shape index (κ1) is 14.5. The molecule has 17 heavy (non-hydrogen) atoms. The van der Waals surface area contributed by atoms with Crippen molar-refractivity contribution in [1.82, 2.24) is 0 Å². The van der Waals surface area contributed by atoms with E-state index in [0.29, 0.717) is 12.1 Å². The summed E-state index contributed by atoms with van der Waals surface area (Å²) in [6.45, 7) is 0.372. The molecule has 0 heterocycles. The molecule has 0 saturated carbocycles. The summed E-state index contributed by atoms with van der Waals surface area (Å²) in [5, 5.41) is 12.4. The molecule has 94 valence electrons. The zero-order valence-electron chi connectivity index (χ0n) is 9.24. The molecule has 6 heteroatoms. The molecule has 1 aromatic carbocycles. The number of halogens is 2. The fourth-order valence-corrected chi connectivity index (χ4v) is 2.00. The van der Waals surface area contributed by atoms with E-state index in [1.54, 1.807) is 18.2 Å². The lowest BCUT2D eigenvalue weighted by molar-refractivity contribution is 0.0600. The van der Waals surface area contributed by atoms with E-state index in [4.69, 9.17) is 11.6 Å². The minimum absolute atomic E-state index is 0.184. The van der Waals surface area contributed by atoms with Crippen LogP contribution in [0.25, 0.3) is 0 Å². The standard InChI is InChI=1S/C11H13ClINO3/c1-17-11(16)7-2-3-10(9(13)4-7)14-6-8(15)5-12/h2-4,8,14-15H,5-6H2,1H3. The van der Waals surface area contributed by atoms with Crippen molar-refractivity contribution in [2.75, 3.05) is 24.9 Å². The van der Waals surface area contributed by atoms with E-state index in [1.807, 2.05) is 0 Å². The number of carbonyl (C=O) groups excluding carboxylic acids is 1. The second kappa shape index (κ2) is 7.03. The van der Waals surface area contributed by atoms with Crippen LogP contribution in [0.2, 0.25) is 0 Å². The molecule has 0 bridgehead atoms. The van der Waals surface area contributed by atoms with Crippen LogP contribution < -0.4 is 5.32 Å². The molecule has 1 aromatic rings. The number of benzene rings is 1. The highest BCUT2D eigenvalue weighted by Crippen LogP contribution is 2.20. The minimum Gasteiger partial charge on any atom is -0.465 e. The van der Waals surface area contributed by atoms with Gasteiger partial charge in [-0.3, -0.25) is 0 Å². The van der Waals surface area contributed by atoms with Crippen LogP contribution in [0.5, 0.6) is 0 Å². The number of alkyl halides is 1. The largest absolute Gasteiger partial charge is 0.465 e. The zero-order valence-corrected chi connectivity index (χ0v) is 12.2. The molecule has 0 aliphatic heterocycles. The lowest BCUT2D eigenvalue weighted by Crippen LogP contribution is -2.21. The van der Waals surface area contributed by atoms with Crippen LogP contribution in [-0.2, 0) is 4.74 Å². The number of nitrogens with one attached hydrogen (secondary N) is 1. The van der Waals surface area contributed by atoms with Crippen molar-refractivity contribution in [2.45, 2.75) is 6.10 Å². The topological polar surface area (TPSA) is 58.6 Å². The van der Waals surface area contributed by atoms with Crippen LogP contribution in [0, 0.1) is 3.57 Å². The second-order valence-corrected chi connectivity index (χ2v) is 4.85. The van der Waals surface area contributed by atoms with Gasteiger partial charge in [-0.05, 0) is 40.8 Å². The smallest absolute Gasteiger partial charge is 0.337 e. The third-order valence-electron chi connectivity index (χ3n) is 2.10. The van der Waals surface area contributed by atoms with Gasteiger partial charge in [-0.2, -0.15) is 0 Å². The Labute approximate surface area is 118 Å². The highest BCUT2D eigenvalue weighted by molar-refractivity contribution is 14.1. The van der Waals surface area contributed by atoms with E-state index in [0.717, 1.165) is 9.26 Å². The number of methoxy groups -OCH3 is 1. The maximum Gasteiger partial charge on any atom is 0.337 e.